The van der Waals surface area contributed by atoms with E-state index in [9.17, 15) is 8.42 Å². The van der Waals surface area contributed by atoms with Crippen molar-refractivity contribution >= 4 is 21.4 Å². The number of hydrogen-bond donors (Lipinski definition) is 2. The van der Waals surface area contributed by atoms with Crippen LogP contribution in [0.5, 0.6) is 0 Å². The fourth-order valence-electron chi connectivity index (χ4n) is 1.06. The van der Waals surface area contributed by atoms with Crippen LogP contribution in [0.25, 0.3) is 0 Å². The van der Waals surface area contributed by atoms with Crippen LogP contribution in [-0.2, 0) is 10.0 Å². The quantitative estimate of drug-likeness (QED) is 0.787. The third-order valence-corrected chi connectivity index (χ3v) is 3.35. The third kappa shape index (κ3) is 4.19. The molecule has 80 valence electrons. The summed E-state index contributed by atoms with van der Waals surface area (Å²) in [5.41, 5.74) is 1.17. The maximum Gasteiger partial charge on any atom is 0.210 e. The van der Waals surface area contributed by atoms with Crippen molar-refractivity contribution in [2.45, 2.75) is 13.0 Å². The lowest BCUT2D eigenvalue weighted by Crippen LogP contribution is -2.28. The van der Waals surface area contributed by atoms with E-state index in [1.54, 1.807) is 11.3 Å². The van der Waals surface area contributed by atoms with Gasteiger partial charge in [0.2, 0.25) is 10.0 Å². The minimum absolute atomic E-state index is 0.0263. The number of nitrogens with one attached hydrogen (secondary N) is 1. The number of thiophene rings is 1. The molecule has 1 aromatic rings. The van der Waals surface area contributed by atoms with Gasteiger partial charge in [-0.2, -0.15) is 11.3 Å². The first-order valence-electron chi connectivity index (χ1n) is 4.25. The molecule has 3 N–H and O–H groups in total. The highest BCUT2D eigenvalue weighted by molar-refractivity contribution is 7.89. The maximum absolute atomic E-state index is 10.6. The Morgan fingerprint density at radius 3 is 2.86 bits per heavy atom. The van der Waals surface area contributed by atoms with Crippen LogP contribution >= 0.6 is 11.3 Å². The van der Waals surface area contributed by atoms with E-state index >= 15 is 0 Å². The summed E-state index contributed by atoms with van der Waals surface area (Å²) >= 11 is 1.62. The van der Waals surface area contributed by atoms with Gasteiger partial charge in [0.1, 0.15) is 0 Å². The van der Waals surface area contributed by atoms with E-state index < -0.39 is 10.0 Å². The molecule has 0 saturated carbocycles. The number of sulfonamides is 1. The fraction of sp³-hybridized carbons (Fsp3) is 0.500. The molecule has 0 radical (unpaired) electrons. The SMILES string of the molecule is CC(NCCS(N)(=O)=O)c1ccsc1. The topological polar surface area (TPSA) is 72.2 Å². The summed E-state index contributed by atoms with van der Waals surface area (Å²) in [6, 6.07) is 2.18. The molecule has 1 rings (SSSR count). The highest BCUT2D eigenvalue weighted by Crippen LogP contribution is 2.14. The van der Waals surface area contributed by atoms with Crippen molar-refractivity contribution in [3.8, 4) is 0 Å². The molecule has 14 heavy (non-hydrogen) atoms. The van der Waals surface area contributed by atoms with Gasteiger partial charge in [-0.1, -0.05) is 0 Å². The monoisotopic (exact) mass is 234 g/mol. The summed E-state index contributed by atoms with van der Waals surface area (Å²) < 4.78 is 21.3. The highest BCUT2D eigenvalue weighted by Gasteiger charge is 2.06. The lowest BCUT2D eigenvalue weighted by Gasteiger charge is -2.11. The van der Waals surface area contributed by atoms with E-state index in [0.29, 0.717) is 6.54 Å². The summed E-state index contributed by atoms with van der Waals surface area (Å²) in [6.07, 6.45) is 0. The molecule has 6 heteroatoms. The first kappa shape index (κ1) is 11.6. The Bertz CT molecular complexity index is 359. The zero-order valence-electron chi connectivity index (χ0n) is 7.93. The molecule has 1 unspecified atom stereocenters. The van der Waals surface area contributed by atoms with E-state index in [1.807, 2.05) is 23.8 Å². The normalized spacial score (nSPS) is 14.1. The average Bonchev–Trinajstić information content (AvgIpc) is 2.53. The summed E-state index contributed by atoms with van der Waals surface area (Å²) in [7, 11) is -3.35. The Balaban J connectivity index is 2.33. The van der Waals surface area contributed by atoms with Crippen LogP contribution in [0.1, 0.15) is 18.5 Å². The van der Waals surface area contributed by atoms with Crippen molar-refractivity contribution in [2.24, 2.45) is 5.14 Å². The number of primary sulfonamides is 1. The lowest BCUT2D eigenvalue weighted by molar-refractivity contribution is 0.574. The number of hydrogen-bond acceptors (Lipinski definition) is 4. The first-order valence-corrected chi connectivity index (χ1v) is 6.91. The highest BCUT2D eigenvalue weighted by atomic mass is 32.2. The molecule has 0 fully saturated rings. The van der Waals surface area contributed by atoms with Crippen LogP contribution < -0.4 is 10.5 Å². The van der Waals surface area contributed by atoms with E-state index in [2.05, 4.69) is 5.32 Å². The van der Waals surface area contributed by atoms with Crippen molar-refractivity contribution < 1.29 is 8.42 Å². The zero-order chi connectivity index (χ0) is 10.6. The van der Waals surface area contributed by atoms with E-state index in [-0.39, 0.29) is 11.8 Å². The summed E-state index contributed by atoms with van der Waals surface area (Å²) in [6.45, 7) is 2.38. The Morgan fingerprint density at radius 2 is 2.36 bits per heavy atom. The van der Waals surface area contributed by atoms with Gasteiger partial charge in [-0.05, 0) is 29.3 Å². The molecular formula is C8H14N2O2S2. The van der Waals surface area contributed by atoms with Crippen molar-refractivity contribution in [3.05, 3.63) is 22.4 Å². The van der Waals surface area contributed by atoms with Crippen molar-refractivity contribution in [1.29, 1.82) is 0 Å². The minimum atomic E-state index is -3.35. The van der Waals surface area contributed by atoms with Crippen LogP contribution in [0.4, 0.5) is 0 Å². The zero-order valence-corrected chi connectivity index (χ0v) is 9.57. The van der Waals surface area contributed by atoms with Gasteiger partial charge in [0.05, 0.1) is 5.75 Å². The summed E-state index contributed by atoms with van der Waals surface area (Å²) in [5, 5.41) is 12.0. The van der Waals surface area contributed by atoms with E-state index in [1.165, 1.54) is 5.56 Å². The molecular weight excluding hydrogens is 220 g/mol. The summed E-state index contributed by atoms with van der Waals surface area (Å²) in [5.74, 6) is -0.0263. The number of rotatable bonds is 5. The van der Waals surface area contributed by atoms with Crippen LogP contribution in [0.15, 0.2) is 16.8 Å². The fourth-order valence-corrected chi connectivity index (χ4v) is 2.21. The van der Waals surface area contributed by atoms with Crippen LogP contribution in [-0.4, -0.2) is 20.7 Å². The molecule has 0 bridgehead atoms. The molecule has 1 aromatic heterocycles. The average molecular weight is 234 g/mol. The van der Waals surface area contributed by atoms with Gasteiger partial charge in [-0.3, -0.25) is 0 Å². The van der Waals surface area contributed by atoms with Crippen molar-refractivity contribution in [1.82, 2.24) is 5.32 Å². The molecule has 0 aliphatic heterocycles. The van der Waals surface area contributed by atoms with Gasteiger partial charge in [-0.15, -0.1) is 0 Å². The predicted octanol–water partition coefficient (Wildman–Crippen LogP) is 0.687. The first-order chi connectivity index (χ1) is 6.49. The van der Waals surface area contributed by atoms with Crippen LogP contribution in [0, 0.1) is 0 Å². The van der Waals surface area contributed by atoms with Crippen molar-refractivity contribution in [3.63, 3.8) is 0 Å². The second-order valence-corrected chi connectivity index (χ2v) is 5.61. The molecule has 0 saturated heterocycles. The van der Waals surface area contributed by atoms with Crippen molar-refractivity contribution in [2.75, 3.05) is 12.3 Å². The minimum Gasteiger partial charge on any atom is -0.309 e. The smallest absolute Gasteiger partial charge is 0.210 e. The third-order valence-electron chi connectivity index (χ3n) is 1.88. The van der Waals surface area contributed by atoms with E-state index in [0.717, 1.165) is 0 Å². The maximum atomic E-state index is 10.6. The molecule has 1 atom stereocenters. The Kier molecular flexibility index (Phi) is 4.06. The molecule has 1 heterocycles. The molecule has 0 aliphatic rings. The molecule has 0 amide bonds. The predicted molar refractivity (Wildman–Crippen MR) is 58.7 cm³/mol. The van der Waals surface area contributed by atoms with Gasteiger partial charge in [0.15, 0.2) is 0 Å². The van der Waals surface area contributed by atoms with Crippen LogP contribution in [0.2, 0.25) is 0 Å². The molecule has 0 spiro atoms. The standard InChI is InChI=1S/C8H14N2O2S2/c1-7(8-2-4-13-6-8)10-3-5-14(9,11)12/h2,4,6-7,10H,3,5H2,1H3,(H2,9,11,12). The Morgan fingerprint density at radius 1 is 1.64 bits per heavy atom. The molecule has 0 aromatic carbocycles. The van der Waals surface area contributed by atoms with E-state index in [4.69, 9.17) is 5.14 Å². The largest absolute Gasteiger partial charge is 0.309 e. The second-order valence-electron chi connectivity index (χ2n) is 3.10. The Labute approximate surface area is 88.2 Å². The molecule has 0 aliphatic carbocycles. The second kappa shape index (κ2) is 4.88. The van der Waals surface area contributed by atoms with Gasteiger partial charge in [0, 0.05) is 12.6 Å². The van der Waals surface area contributed by atoms with Gasteiger partial charge in [0.25, 0.3) is 0 Å². The lowest BCUT2D eigenvalue weighted by atomic mass is 10.2. The molecule has 4 nitrogen and oxygen atoms in total. The van der Waals surface area contributed by atoms with Gasteiger partial charge >= 0.3 is 0 Å². The van der Waals surface area contributed by atoms with Gasteiger partial charge < -0.3 is 5.32 Å². The Hall–Kier alpha value is -0.430. The van der Waals surface area contributed by atoms with Crippen LogP contribution in [0.3, 0.4) is 0 Å². The number of nitrogens with two attached hydrogens (primary N) is 1. The van der Waals surface area contributed by atoms with Gasteiger partial charge in [-0.25, -0.2) is 13.6 Å². The summed E-state index contributed by atoms with van der Waals surface area (Å²) in [4.78, 5) is 0.